The second-order valence-corrected chi connectivity index (χ2v) is 8.48. The summed E-state index contributed by atoms with van der Waals surface area (Å²) in [6.45, 7) is 2.28. The van der Waals surface area contributed by atoms with Gasteiger partial charge in [0, 0.05) is 17.8 Å². The number of benzene rings is 3. The van der Waals surface area contributed by atoms with Crippen molar-refractivity contribution in [1.82, 2.24) is 4.72 Å². The van der Waals surface area contributed by atoms with Gasteiger partial charge in [0.15, 0.2) is 0 Å². The molecule has 0 unspecified atom stereocenters. The average Bonchev–Trinajstić information content (AvgIpc) is 2.78. The van der Waals surface area contributed by atoms with Crippen molar-refractivity contribution < 1.29 is 13.2 Å². The molecule has 0 aliphatic carbocycles. The first-order chi connectivity index (χ1) is 14.5. The second-order valence-electron chi connectivity index (χ2n) is 6.71. The molecule has 0 aliphatic rings. The predicted molar refractivity (Wildman–Crippen MR) is 121 cm³/mol. The number of anilines is 1. The summed E-state index contributed by atoms with van der Waals surface area (Å²) in [5.74, 6) is -0.273. The molecule has 0 radical (unpaired) electrons. The summed E-state index contributed by atoms with van der Waals surface area (Å²) in [6, 6.07) is 25.2. The molecule has 0 atom stereocenters. The van der Waals surface area contributed by atoms with Crippen LogP contribution in [0, 0.1) is 0 Å². The number of hydrogen-bond acceptors (Lipinski definition) is 3. The van der Waals surface area contributed by atoms with Gasteiger partial charge in [0.25, 0.3) is 5.91 Å². The number of carbonyl (C=O) groups is 1. The summed E-state index contributed by atoms with van der Waals surface area (Å²) in [5.41, 5.74) is 2.74. The molecular formula is C24H24N2O3S. The molecule has 3 rings (SSSR count). The molecule has 0 heterocycles. The van der Waals surface area contributed by atoms with Gasteiger partial charge in [-0.25, -0.2) is 13.1 Å². The smallest absolute Gasteiger partial charge is 0.256 e. The van der Waals surface area contributed by atoms with Gasteiger partial charge in [-0.15, -0.1) is 0 Å². The maximum atomic E-state index is 13.0. The van der Waals surface area contributed by atoms with Crippen molar-refractivity contribution in [3.05, 3.63) is 96.1 Å². The number of nitrogens with one attached hydrogen (secondary N) is 2. The Labute approximate surface area is 177 Å². The van der Waals surface area contributed by atoms with E-state index in [-0.39, 0.29) is 10.8 Å². The largest absolute Gasteiger partial charge is 0.322 e. The molecule has 0 aliphatic heterocycles. The molecule has 0 saturated carbocycles. The Hall–Kier alpha value is -3.22. The van der Waals surface area contributed by atoms with Crippen LogP contribution in [-0.4, -0.2) is 20.9 Å². The van der Waals surface area contributed by atoms with E-state index in [2.05, 4.69) is 10.0 Å². The second kappa shape index (κ2) is 10.0. The van der Waals surface area contributed by atoms with Crippen molar-refractivity contribution in [3.63, 3.8) is 0 Å². The van der Waals surface area contributed by atoms with Crippen molar-refractivity contribution in [2.45, 2.75) is 18.2 Å². The molecule has 1 amide bonds. The van der Waals surface area contributed by atoms with Crippen LogP contribution in [0.2, 0.25) is 0 Å². The molecule has 3 aromatic rings. The van der Waals surface area contributed by atoms with Crippen molar-refractivity contribution in [2.24, 2.45) is 0 Å². The molecule has 0 saturated heterocycles. The minimum absolute atomic E-state index is 0.164. The van der Waals surface area contributed by atoms with Crippen LogP contribution in [0.3, 0.4) is 0 Å². The van der Waals surface area contributed by atoms with E-state index in [0.717, 1.165) is 11.1 Å². The van der Waals surface area contributed by atoms with Gasteiger partial charge in [0.2, 0.25) is 10.0 Å². The number of carbonyl (C=O) groups excluding carboxylic acids is 1. The summed E-state index contributed by atoms with van der Waals surface area (Å²) in [4.78, 5) is 13.2. The predicted octanol–water partition coefficient (Wildman–Crippen LogP) is 4.55. The van der Waals surface area contributed by atoms with Crippen molar-refractivity contribution in [3.8, 4) is 0 Å². The first-order valence-corrected chi connectivity index (χ1v) is 11.2. The topological polar surface area (TPSA) is 75.3 Å². The maximum absolute atomic E-state index is 13.0. The molecule has 154 valence electrons. The van der Waals surface area contributed by atoms with Gasteiger partial charge in [0.1, 0.15) is 0 Å². The zero-order valence-electron chi connectivity index (χ0n) is 16.7. The third kappa shape index (κ3) is 5.65. The number of rotatable bonds is 8. The molecule has 6 heteroatoms. The number of sulfonamides is 1. The van der Waals surface area contributed by atoms with E-state index in [9.17, 15) is 13.2 Å². The monoisotopic (exact) mass is 420 g/mol. The highest BCUT2D eigenvalue weighted by Crippen LogP contribution is 2.21. The third-order valence-corrected chi connectivity index (χ3v) is 5.88. The summed E-state index contributed by atoms with van der Waals surface area (Å²) < 4.78 is 27.0. The van der Waals surface area contributed by atoms with Crippen molar-refractivity contribution in [2.75, 3.05) is 11.9 Å². The average molecular weight is 421 g/mol. The summed E-state index contributed by atoms with van der Waals surface area (Å²) in [7, 11) is -3.54. The van der Waals surface area contributed by atoms with Crippen LogP contribution in [0.4, 0.5) is 5.69 Å². The minimum Gasteiger partial charge on any atom is -0.322 e. The lowest BCUT2D eigenvalue weighted by Crippen LogP contribution is -2.24. The van der Waals surface area contributed by atoms with Gasteiger partial charge in [-0.2, -0.15) is 0 Å². The molecule has 0 spiro atoms. The zero-order chi connectivity index (χ0) is 21.4. The third-order valence-electron chi connectivity index (χ3n) is 4.40. The van der Waals surface area contributed by atoms with Gasteiger partial charge in [-0.05, 0) is 47.9 Å². The molecule has 5 nitrogen and oxygen atoms in total. The van der Waals surface area contributed by atoms with Crippen molar-refractivity contribution >= 4 is 33.3 Å². The summed E-state index contributed by atoms with van der Waals surface area (Å²) in [5, 5.41) is 2.86. The van der Waals surface area contributed by atoms with E-state index in [1.54, 1.807) is 12.1 Å². The highest BCUT2D eigenvalue weighted by Gasteiger charge is 2.15. The number of amides is 1. The first kappa shape index (κ1) is 21.5. The molecular weight excluding hydrogens is 396 g/mol. The number of hydrogen-bond donors (Lipinski definition) is 2. The standard InChI is InChI=1S/C24H24N2O3S/c1-2-17-25-30(28,29)22-15-13-21(14-16-22)26-24(27)23(20-11-7-4-8-12-20)18-19-9-5-3-6-10-19/h3-16,18,25H,2,17H2,1H3,(H,26,27)/b23-18+. The van der Waals surface area contributed by atoms with Crippen LogP contribution >= 0.6 is 0 Å². The fraction of sp³-hybridized carbons (Fsp3) is 0.125. The molecule has 0 fully saturated rings. The van der Waals surface area contributed by atoms with Crippen LogP contribution in [-0.2, 0) is 14.8 Å². The normalized spacial score (nSPS) is 11.8. The van der Waals surface area contributed by atoms with E-state index in [1.165, 1.54) is 12.1 Å². The van der Waals surface area contributed by atoms with E-state index < -0.39 is 10.0 Å². The minimum atomic E-state index is -3.54. The van der Waals surface area contributed by atoms with Crippen LogP contribution in [0.15, 0.2) is 89.8 Å². The molecule has 0 aromatic heterocycles. The zero-order valence-corrected chi connectivity index (χ0v) is 17.5. The lowest BCUT2D eigenvalue weighted by molar-refractivity contribution is -0.111. The Kier molecular flexibility index (Phi) is 7.17. The Bertz CT molecular complexity index is 1110. The van der Waals surface area contributed by atoms with Gasteiger partial charge in [-0.1, -0.05) is 67.6 Å². The van der Waals surface area contributed by atoms with Gasteiger partial charge in [0.05, 0.1) is 4.90 Å². The van der Waals surface area contributed by atoms with Gasteiger partial charge >= 0.3 is 0 Å². The van der Waals surface area contributed by atoms with Crippen molar-refractivity contribution in [1.29, 1.82) is 0 Å². The first-order valence-electron chi connectivity index (χ1n) is 9.73. The fourth-order valence-electron chi connectivity index (χ4n) is 2.85. The van der Waals surface area contributed by atoms with Crippen LogP contribution in [0.5, 0.6) is 0 Å². The van der Waals surface area contributed by atoms with E-state index in [0.29, 0.717) is 24.2 Å². The SMILES string of the molecule is CCCNS(=O)(=O)c1ccc(NC(=O)/C(=C/c2ccccc2)c2ccccc2)cc1. The summed E-state index contributed by atoms with van der Waals surface area (Å²) >= 11 is 0. The highest BCUT2D eigenvalue weighted by molar-refractivity contribution is 7.89. The molecule has 30 heavy (non-hydrogen) atoms. The lowest BCUT2D eigenvalue weighted by Gasteiger charge is -2.11. The lowest BCUT2D eigenvalue weighted by atomic mass is 10.0. The molecule has 0 bridgehead atoms. The molecule has 3 aromatic carbocycles. The van der Waals surface area contributed by atoms with E-state index in [1.807, 2.05) is 73.7 Å². The maximum Gasteiger partial charge on any atom is 0.256 e. The van der Waals surface area contributed by atoms with Gasteiger partial charge < -0.3 is 5.32 Å². The van der Waals surface area contributed by atoms with Crippen LogP contribution < -0.4 is 10.0 Å². The van der Waals surface area contributed by atoms with Crippen LogP contribution in [0.1, 0.15) is 24.5 Å². The Morgan fingerprint density at radius 3 is 2.07 bits per heavy atom. The van der Waals surface area contributed by atoms with E-state index >= 15 is 0 Å². The Balaban J connectivity index is 1.84. The quantitative estimate of drug-likeness (QED) is 0.415. The van der Waals surface area contributed by atoms with Crippen LogP contribution in [0.25, 0.3) is 11.6 Å². The Morgan fingerprint density at radius 1 is 0.867 bits per heavy atom. The Morgan fingerprint density at radius 2 is 1.47 bits per heavy atom. The van der Waals surface area contributed by atoms with E-state index in [4.69, 9.17) is 0 Å². The summed E-state index contributed by atoms with van der Waals surface area (Å²) in [6.07, 6.45) is 2.54. The molecule has 2 N–H and O–H groups in total. The highest BCUT2D eigenvalue weighted by atomic mass is 32.2. The fourth-order valence-corrected chi connectivity index (χ4v) is 3.98. The van der Waals surface area contributed by atoms with Gasteiger partial charge in [-0.3, -0.25) is 4.79 Å².